The number of carbonyl (C=O) groups is 1. The molecule has 1 N–H and O–H groups in total. The number of benzene rings is 1. The van der Waals surface area contributed by atoms with E-state index in [0.29, 0.717) is 32.5 Å². The van der Waals surface area contributed by atoms with Crippen molar-refractivity contribution in [3.8, 4) is 0 Å². The Morgan fingerprint density at radius 3 is 2.57 bits per heavy atom. The first kappa shape index (κ1) is 17.8. The molecule has 1 aliphatic heterocycles. The minimum atomic E-state index is -3.56. The van der Waals surface area contributed by atoms with Crippen LogP contribution in [0.25, 0.3) is 0 Å². The van der Waals surface area contributed by atoms with E-state index in [4.69, 9.17) is 9.84 Å². The smallest absolute Gasteiger partial charge is 0.329 e. The third kappa shape index (κ3) is 5.26. The number of aliphatic carboxylic acids is 1. The summed E-state index contributed by atoms with van der Waals surface area (Å²) < 4.78 is 44.8. The first-order valence-electron chi connectivity index (χ1n) is 7.39. The predicted molar refractivity (Wildman–Crippen MR) is 81.8 cm³/mol. The lowest BCUT2D eigenvalue weighted by Crippen LogP contribution is -2.40. The molecule has 23 heavy (non-hydrogen) atoms. The number of carboxylic acid groups (broad SMARTS) is 1. The van der Waals surface area contributed by atoms with E-state index in [1.165, 1.54) is 22.5 Å². The van der Waals surface area contributed by atoms with Gasteiger partial charge < -0.3 is 9.84 Å². The summed E-state index contributed by atoms with van der Waals surface area (Å²) >= 11 is 0. The maximum absolute atomic E-state index is 13.6. The monoisotopic (exact) mass is 345 g/mol. The van der Waals surface area contributed by atoms with E-state index in [0.717, 1.165) is 0 Å². The Hall–Kier alpha value is -1.51. The number of ether oxygens (including phenoxy) is 1. The van der Waals surface area contributed by atoms with Crippen LogP contribution < -0.4 is 0 Å². The van der Waals surface area contributed by atoms with Crippen LogP contribution in [-0.2, 0) is 25.3 Å². The van der Waals surface area contributed by atoms with Gasteiger partial charge in [0.1, 0.15) is 12.4 Å². The van der Waals surface area contributed by atoms with Crippen molar-refractivity contribution in [2.24, 2.45) is 5.92 Å². The lowest BCUT2D eigenvalue weighted by atomic mass is 9.99. The van der Waals surface area contributed by atoms with Crippen LogP contribution >= 0.6 is 0 Å². The Kier molecular flexibility index (Phi) is 6.09. The van der Waals surface area contributed by atoms with Crippen molar-refractivity contribution in [2.45, 2.75) is 18.6 Å². The molecule has 0 bridgehead atoms. The summed E-state index contributed by atoms with van der Waals surface area (Å²) in [6, 6.07) is 5.85. The number of hydrogen-bond acceptors (Lipinski definition) is 4. The molecule has 128 valence electrons. The van der Waals surface area contributed by atoms with Crippen molar-refractivity contribution in [2.75, 3.05) is 26.3 Å². The minimum absolute atomic E-state index is 0.147. The topological polar surface area (TPSA) is 83.9 Å². The first-order chi connectivity index (χ1) is 10.9. The number of carboxylic acids is 1. The van der Waals surface area contributed by atoms with Crippen molar-refractivity contribution >= 4 is 16.0 Å². The first-order valence-corrected chi connectivity index (χ1v) is 9.00. The average molecular weight is 345 g/mol. The quantitative estimate of drug-likeness (QED) is 0.809. The number of nitrogens with zero attached hydrogens (tertiary/aromatic N) is 1. The van der Waals surface area contributed by atoms with Gasteiger partial charge in [-0.05, 0) is 24.8 Å². The minimum Gasteiger partial charge on any atom is -0.480 e. The lowest BCUT2D eigenvalue weighted by molar-refractivity contribution is -0.142. The van der Waals surface area contributed by atoms with Crippen LogP contribution in [0.3, 0.4) is 0 Å². The summed E-state index contributed by atoms with van der Waals surface area (Å²) in [5.74, 6) is -1.74. The normalized spacial score (nSPS) is 17.3. The van der Waals surface area contributed by atoms with Crippen LogP contribution in [0.2, 0.25) is 0 Å². The molecule has 1 heterocycles. The Morgan fingerprint density at radius 1 is 1.30 bits per heavy atom. The molecular weight excluding hydrogens is 325 g/mol. The molecule has 0 saturated carbocycles. The Morgan fingerprint density at radius 2 is 1.96 bits per heavy atom. The van der Waals surface area contributed by atoms with E-state index >= 15 is 0 Å². The van der Waals surface area contributed by atoms with Gasteiger partial charge in [0.2, 0.25) is 10.0 Å². The fraction of sp³-hybridized carbons (Fsp3) is 0.533. The fourth-order valence-electron chi connectivity index (χ4n) is 2.57. The summed E-state index contributed by atoms with van der Waals surface area (Å²) in [7, 11) is -3.56. The van der Waals surface area contributed by atoms with Gasteiger partial charge in [-0.1, -0.05) is 18.2 Å². The Balaban J connectivity index is 1.86. The molecule has 0 aromatic heterocycles. The molecule has 1 aliphatic rings. The highest BCUT2D eigenvalue weighted by Gasteiger charge is 2.28. The fourth-order valence-corrected chi connectivity index (χ4v) is 4.15. The van der Waals surface area contributed by atoms with Crippen LogP contribution in [-0.4, -0.2) is 50.1 Å². The second kappa shape index (κ2) is 7.85. The summed E-state index contributed by atoms with van der Waals surface area (Å²) in [6.45, 7) is 0.662. The van der Waals surface area contributed by atoms with Gasteiger partial charge in [0.05, 0.1) is 12.4 Å². The number of halogens is 1. The molecule has 0 spiro atoms. The van der Waals surface area contributed by atoms with E-state index in [-0.39, 0.29) is 23.8 Å². The van der Waals surface area contributed by atoms with Gasteiger partial charge in [0.25, 0.3) is 0 Å². The van der Waals surface area contributed by atoms with Crippen molar-refractivity contribution in [1.29, 1.82) is 0 Å². The summed E-state index contributed by atoms with van der Waals surface area (Å²) in [4.78, 5) is 10.4. The standard InChI is InChI=1S/C15H20FNO5S/c16-14-4-2-1-3-13(14)11-23(20,21)17-7-5-12(6-8-17)9-22-10-15(18)19/h1-4,12H,5-11H2,(H,18,19). The van der Waals surface area contributed by atoms with E-state index in [2.05, 4.69) is 0 Å². The highest BCUT2D eigenvalue weighted by Crippen LogP contribution is 2.22. The van der Waals surface area contributed by atoms with Crippen LogP contribution in [0.15, 0.2) is 24.3 Å². The van der Waals surface area contributed by atoms with E-state index in [9.17, 15) is 17.6 Å². The molecular formula is C15H20FNO5S. The third-order valence-electron chi connectivity index (χ3n) is 3.84. The SMILES string of the molecule is O=C(O)COCC1CCN(S(=O)(=O)Cc2ccccc2F)CC1. The van der Waals surface area contributed by atoms with Crippen molar-refractivity contribution in [3.63, 3.8) is 0 Å². The molecule has 0 aliphatic carbocycles. The summed E-state index contributed by atoms with van der Waals surface area (Å²) in [5, 5.41) is 8.51. The van der Waals surface area contributed by atoms with Crippen LogP contribution in [0.1, 0.15) is 18.4 Å². The highest BCUT2D eigenvalue weighted by atomic mass is 32.2. The van der Waals surface area contributed by atoms with E-state index in [1.807, 2.05) is 0 Å². The Labute approximate surface area is 134 Å². The molecule has 1 aromatic carbocycles. The van der Waals surface area contributed by atoms with Gasteiger partial charge in [-0.3, -0.25) is 0 Å². The molecule has 1 fully saturated rings. The average Bonchev–Trinajstić information content (AvgIpc) is 2.50. The maximum Gasteiger partial charge on any atom is 0.329 e. The Bertz CT molecular complexity index is 641. The largest absolute Gasteiger partial charge is 0.480 e. The molecule has 0 unspecified atom stereocenters. The number of piperidine rings is 1. The second-order valence-electron chi connectivity index (χ2n) is 5.60. The third-order valence-corrected chi connectivity index (χ3v) is 5.67. The molecule has 8 heteroatoms. The van der Waals surface area contributed by atoms with Gasteiger partial charge in [0, 0.05) is 18.7 Å². The zero-order valence-electron chi connectivity index (χ0n) is 12.7. The van der Waals surface area contributed by atoms with Gasteiger partial charge >= 0.3 is 5.97 Å². The molecule has 6 nitrogen and oxygen atoms in total. The molecule has 0 radical (unpaired) electrons. The molecule has 0 amide bonds. The maximum atomic E-state index is 13.6. The number of rotatable bonds is 7. The number of hydrogen-bond donors (Lipinski definition) is 1. The van der Waals surface area contributed by atoms with Gasteiger partial charge in [-0.25, -0.2) is 21.9 Å². The molecule has 0 atom stereocenters. The van der Waals surface area contributed by atoms with Gasteiger partial charge in [0.15, 0.2) is 0 Å². The van der Waals surface area contributed by atoms with Crippen LogP contribution in [0.4, 0.5) is 4.39 Å². The molecule has 1 aromatic rings. The summed E-state index contributed by atoms with van der Waals surface area (Å²) in [6.07, 6.45) is 1.21. The van der Waals surface area contributed by atoms with Crippen molar-refractivity contribution < 1.29 is 27.4 Å². The molecule has 1 saturated heterocycles. The number of sulfonamides is 1. The van der Waals surface area contributed by atoms with Gasteiger partial charge in [-0.2, -0.15) is 0 Å². The zero-order chi connectivity index (χ0) is 16.9. The zero-order valence-corrected chi connectivity index (χ0v) is 13.5. The van der Waals surface area contributed by atoms with E-state index < -0.39 is 21.8 Å². The second-order valence-corrected chi connectivity index (χ2v) is 7.57. The van der Waals surface area contributed by atoms with Crippen molar-refractivity contribution in [1.82, 2.24) is 4.31 Å². The lowest BCUT2D eigenvalue weighted by Gasteiger charge is -2.31. The predicted octanol–water partition coefficient (Wildman–Crippen LogP) is 1.47. The van der Waals surface area contributed by atoms with Crippen LogP contribution in [0, 0.1) is 11.7 Å². The van der Waals surface area contributed by atoms with Crippen LogP contribution in [0.5, 0.6) is 0 Å². The highest BCUT2D eigenvalue weighted by molar-refractivity contribution is 7.88. The van der Waals surface area contributed by atoms with Crippen molar-refractivity contribution in [3.05, 3.63) is 35.6 Å². The molecule has 2 rings (SSSR count). The summed E-state index contributed by atoms with van der Waals surface area (Å²) in [5.41, 5.74) is 0.166. The van der Waals surface area contributed by atoms with Gasteiger partial charge in [-0.15, -0.1) is 0 Å². The van der Waals surface area contributed by atoms with E-state index in [1.54, 1.807) is 6.07 Å².